The van der Waals surface area contributed by atoms with Crippen molar-refractivity contribution < 1.29 is 28.6 Å². The molecule has 392 valence electrons. The lowest BCUT2D eigenvalue weighted by molar-refractivity contribution is -0.167. The molecule has 0 fully saturated rings. The molecular formula is C60H116O6. The van der Waals surface area contributed by atoms with Crippen LogP contribution in [0.3, 0.4) is 0 Å². The van der Waals surface area contributed by atoms with Crippen molar-refractivity contribution in [2.45, 2.75) is 354 Å². The lowest BCUT2D eigenvalue weighted by Crippen LogP contribution is -2.30. The van der Waals surface area contributed by atoms with Crippen molar-refractivity contribution in [1.29, 1.82) is 0 Å². The Balaban J connectivity index is 4.21. The van der Waals surface area contributed by atoms with Gasteiger partial charge < -0.3 is 14.2 Å². The summed E-state index contributed by atoms with van der Waals surface area (Å²) in [5.41, 5.74) is 0. The second kappa shape index (κ2) is 56.0. The fourth-order valence-corrected chi connectivity index (χ4v) is 9.33. The average Bonchev–Trinajstić information content (AvgIpc) is 3.31. The van der Waals surface area contributed by atoms with Crippen LogP contribution in [0.1, 0.15) is 348 Å². The minimum absolute atomic E-state index is 0.0610. The molecule has 0 radical (unpaired) electrons. The van der Waals surface area contributed by atoms with Crippen molar-refractivity contribution in [1.82, 2.24) is 0 Å². The van der Waals surface area contributed by atoms with E-state index in [0.29, 0.717) is 19.3 Å². The first-order chi connectivity index (χ1) is 32.5. The molecule has 0 spiro atoms. The summed E-state index contributed by atoms with van der Waals surface area (Å²) in [5, 5.41) is 0. The second-order valence-electron chi connectivity index (χ2n) is 20.6. The molecule has 1 atom stereocenters. The van der Waals surface area contributed by atoms with Gasteiger partial charge in [0, 0.05) is 19.3 Å². The summed E-state index contributed by atoms with van der Waals surface area (Å²) >= 11 is 0. The van der Waals surface area contributed by atoms with Crippen LogP contribution < -0.4 is 0 Å². The Bertz CT molecular complexity index is 982. The fraction of sp³-hybridized carbons (Fsp3) is 0.950. The first-order valence-electron chi connectivity index (χ1n) is 30.0. The topological polar surface area (TPSA) is 78.9 Å². The highest BCUT2D eigenvalue weighted by atomic mass is 16.6. The Morgan fingerprint density at radius 1 is 0.242 bits per heavy atom. The van der Waals surface area contributed by atoms with Gasteiger partial charge in [-0.25, -0.2) is 0 Å². The van der Waals surface area contributed by atoms with Crippen molar-refractivity contribution >= 4 is 17.9 Å². The molecule has 0 rings (SSSR count). The number of rotatable bonds is 56. The largest absolute Gasteiger partial charge is 0.462 e. The highest BCUT2D eigenvalue weighted by Gasteiger charge is 2.19. The zero-order valence-corrected chi connectivity index (χ0v) is 45.0. The Hall–Kier alpha value is -1.59. The van der Waals surface area contributed by atoms with Gasteiger partial charge in [-0.2, -0.15) is 0 Å². The van der Waals surface area contributed by atoms with E-state index < -0.39 is 6.10 Å². The summed E-state index contributed by atoms with van der Waals surface area (Å²) in [5.74, 6) is -0.831. The first kappa shape index (κ1) is 64.4. The van der Waals surface area contributed by atoms with E-state index in [9.17, 15) is 14.4 Å². The lowest BCUT2D eigenvalue weighted by atomic mass is 10.0. The average molecular weight is 934 g/mol. The summed E-state index contributed by atoms with van der Waals surface area (Å²) in [4.78, 5) is 38.1. The van der Waals surface area contributed by atoms with Crippen LogP contribution in [0.15, 0.2) is 0 Å². The summed E-state index contributed by atoms with van der Waals surface area (Å²) < 4.78 is 16.9. The van der Waals surface area contributed by atoms with Gasteiger partial charge in [0.2, 0.25) is 0 Å². The van der Waals surface area contributed by atoms with Crippen LogP contribution >= 0.6 is 0 Å². The maximum atomic E-state index is 12.8. The molecule has 0 saturated heterocycles. The minimum atomic E-state index is -0.761. The number of carbonyl (C=O) groups is 3. The highest BCUT2D eigenvalue weighted by Crippen LogP contribution is 2.18. The lowest BCUT2D eigenvalue weighted by Gasteiger charge is -2.18. The van der Waals surface area contributed by atoms with Crippen LogP contribution in [0.25, 0.3) is 0 Å². The van der Waals surface area contributed by atoms with E-state index in [1.54, 1.807) is 0 Å². The predicted octanol–water partition coefficient (Wildman–Crippen LogP) is 19.9. The van der Waals surface area contributed by atoms with Crippen LogP contribution in [0.4, 0.5) is 0 Å². The molecule has 0 aliphatic rings. The van der Waals surface area contributed by atoms with Gasteiger partial charge in [-0.05, 0) is 19.3 Å². The van der Waals surface area contributed by atoms with Gasteiger partial charge in [0.25, 0.3) is 0 Å². The molecule has 0 aromatic heterocycles. The van der Waals surface area contributed by atoms with E-state index in [-0.39, 0.29) is 31.1 Å². The normalized spacial score (nSPS) is 11.9. The molecule has 0 aliphatic carbocycles. The quantitative estimate of drug-likeness (QED) is 0.0343. The van der Waals surface area contributed by atoms with Crippen molar-refractivity contribution in [3.63, 3.8) is 0 Å². The summed E-state index contributed by atoms with van der Waals surface area (Å²) in [6.07, 6.45) is 62.4. The number of carbonyl (C=O) groups excluding carboxylic acids is 3. The monoisotopic (exact) mass is 933 g/mol. The molecule has 0 amide bonds. The van der Waals surface area contributed by atoms with Gasteiger partial charge in [-0.15, -0.1) is 0 Å². The molecule has 0 bridgehead atoms. The van der Waals surface area contributed by atoms with Crippen LogP contribution in [0, 0.1) is 0 Å². The number of hydrogen-bond acceptors (Lipinski definition) is 6. The molecule has 0 N–H and O–H groups in total. The van der Waals surface area contributed by atoms with Gasteiger partial charge in [0.1, 0.15) is 13.2 Å². The Morgan fingerprint density at radius 2 is 0.409 bits per heavy atom. The van der Waals surface area contributed by atoms with Gasteiger partial charge in [-0.1, -0.05) is 310 Å². The van der Waals surface area contributed by atoms with Crippen molar-refractivity contribution in [3.05, 3.63) is 0 Å². The molecule has 6 nitrogen and oxygen atoms in total. The van der Waals surface area contributed by atoms with Crippen molar-refractivity contribution in [2.75, 3.05) is 13.2 Å². The molecule has 66 heavy (non-hydrogen) atoms. The zero-order chi connectivity index (χ0) is 47.9. The van der Waals surface area contributed by atoms with Gasteiger partial charge in [0.05, 0.1) is 0 Å². The number of unbranched alkanes of at least 4 members (excludes halogenated alkanes) is 45. The van der Waals surface area contributed by atoms with E-state index in [0.717, 1.165) is 57.8 Å². The third-order valence-corrected chi connectivity index (χ3v) is 13.9. The second-order valence-corrected chi connectivity index (χ2v) is 20.6. The number of hydrogen-bond donors (Lipinski definition) is 0. The Labute approximate surface area is 412 Å². The molecule has 6 heteroatoms. The van der Waals surface area contributed by atoms with Crippen LogP contribution in [0.2, 0.25) is 0 Å². The molecule has 0 heterocycles. The van der Waals surface area contributed by atoms with Crippen molar-refractivity contribution in [3.8, 4) is 0 Å². The SMILES string of the molecule is CCCCCCCCCCCCCCCCCCCCCCCC(=O)OC[C@H](COC(=O)CCCCCCCCCCCCCCCCC)OC(=O)CCCCCCCCCCCCCC. The highest BCUT2D eigenvalue weighted by molar-refractivity contribution is 5.71. The van der Waals surface area contributed by atoms with Crippen LogP contribution in [0.5, 0.6) is 0 Å². The third-order valence-electron chi connectivity index (χ3n) is 13.9. The van der Waals surface area contributed by atoms with Gasteiger partial charge in [-0.3, -0.25) is 14.4 Å². The van der Waals surface area contributed by atoms with E-state index in [1.807, 2.05) is 0 Å². The predicted molar refractivity (Wildman–Crippen MR) is 284 cm³/mol. The van der Waals surface area contributed by atoms with Crippen molar-refractivity contribution in [2.24, 2.45) is 0 Å². The zero-order valence-electron chi connectivity index (χ0n) is 45.0. The Kier molecular flexibility index (Phi) is 54.7. The van der Waals surface area contributed by atoms with E-state index >= 15 is 0 Å². The standard InChI is InChI=1S/C60H116O6/c1-4-7-10-13-16-19-22-25-27-28-29-30-31-32-34-36-39-41-44-47-50-53-59(62)65-56-57(66-60(63)54-51-48-45-42-37-24-21-18-15-12-9-6-3)55-64-58(61)52-49-46-43-40-38-35-33-26-23-20-17-14-11-8-5-2/h57H,4-56H2,1-3H3/t57-/m0/s1. The van der Waals surface area contributed by atoms with Crippen LogP contribution in [-0.4, -0.2) is 37.2 Å². The third kappa shape index (κ3) is 53.4. The first-order valence-corrected chi connectivity index (χ1v) is 30.0. The molecule has 0 unspecified atom stereocenters. The summed E-state index contributed by atoms with van der Waals surface area (Å²) in [6.45, 7) is 6.71. The molecular weight excluding hydrogens is 817 g/mol. The number of esters is 3. The smallest absolute Gasteiger partial charge is 0.306 e. The Morgan fingerprint density at radius 3 is 0.606 bits per heavy atom. The minimum Gasteiger partial charge on any atom is -0.462 e. The molecule has 0 aromatic rings. The molecule has 0 aromatic carbocycles. The van der Waals surface area contributed by atoms with E-state index in [4.69, 9.17) is 14.2 Å². The fourth-order valence-electron chi connectivity index (χ4n) is 9.33. The molecule has 0 aliphatic heterocycles. The summed E-state index contributed by atoms with van der Waals surface area (Å²) in [7, 11) is 0. The number of ether oxygens (including phenoxy) is 3. The maximum absolute atomic E-state index is 12.8. The summed E-state index contributed by atoms with van der Waals surface area (Å²) in [6, 6.07) is 0. The van der Waals surface area contributed by atoms with E-state index in [1.165, 1.54) is 250 Å². The van der Waals surface area contributed by atoms with Gasteiger partial charge in [0.15, 0.2) is 6.10 Å². The molecule has 0 saturated carbocycles. The van der Waals surface area contributed by atoms with E-state index in [2.05, 4.69) is 20.8 Å². The van der Waals surface area contributed by atoms with Crippen LogP contribution in [-0.2, 0) is 28.6 Å². The van der Waals surface area contributed by atoms with Gasteiger partial charge >= 0.3 is 17.9 Å². The maximum Gasteiger partial charge on any atom is 0.306 e.